The van der Waals surface area contributed by atoms with E-state index in [4.69, 9.17) is 27.6 Å². The van der Waals surface area contributed by atoms with Crippen molar-refractivity contribution in [3.63, 3.8) is 0 Å². The maximum absolute atomic E-state index is 12.6. The van der Waals surface area contributed by atoms with E-state index in [1.165, 1.54) is 30.5 Å². The molecule has 0 saturated carbocycles. The molecule has 3 rings (SSSR count). The van der Waals surface area contributed by atoms with E-state index in [0.29, 0.717) is 16.3 Å². The smallest absolute Gasteiger partial charge is 0.280 e. The van der Waals surface area contributed by atoms with Crippen molar-refractivity contribution >= 4 is 46.9 Å². The van der Waals surface area contributed by atoms with Crippen LogP contribution in [0.4, 0.5) is 5.69 Å². The first-order valence-corrected chi connectivity index (χ1v) is 11.3. The highest BCUT2D eigenvalue weighted by atomic mass is 35.5. The molecule has 182 valence electrons. The second kappa shape index (κ2) is 11.2. The standard InChI is InChI=1S/C24H22Cl2N4O5/c1-13(2)22(28-23(31)15-5-8-18(25)19(26)11-15)24(32)29-27-12-16-6-9-21(35-16)17-7-4-14(3)10-20(17)30(33)34/h4-13,22H,1-3H3,(H,28,31)(H,29,32). The van der Waals surface area contributed by atoms with Crippen molar-refractivity contribution in [2.45, 2.75) is 26.8 Å². The molecule has 2 N–H and O–H groups in total. The molecular weight excluding hydrogens is 495 g/mol. The molecule has 0 aliphatic rings. The predicted molar refractivity (Wildman–Crippen MR) is 134 cm³/mol. The number of nitro benzene ring substituents is 1. The van der Waals surface area contributed by atoms with Crippen molar-refractivity contribution in [1.82, 2.24) is 10.7 Å². The summed E-state index contributed by atoms with van der Waals surface area (Å²) in [6, 6.07) is 11.5. The number of hydrogen-bond donors (Lipinski definition) is 2. The Morgan fingerprint density at radius 3 is 2.49 bits per heavy atom. The Hall–Kier alpha value is -3.69. The number of halogens is 2. The number of hydrogen-bond acceptors (Lipinski definition) is 6. The maximum atomic E-state index is 12.6. The third-order valence-electron chi connectivity index (χ3n) is 5.03. The minimum Gasteiger partial charge on any atom is -0.455 e. The van der Waals surface area contributed by atoms with E-state index >= 15 is 0 Å². The van der Waals surface area contributed by atoms with Gasteiger partial charge in [-0.05, 0) is 54.8 Å². The first-order chi connectivity index (χ1) is 16.6. The SMILES string of the molecule is Cc1ccc(-c2ccc(C=NNC(=O)C(NC(=O)c3ccc(Cl)c(Cl)c3)C(C)C)o2)c([N+](=O)[O-])c1. The Labute approximate surface area is 211 Å². The third kappa shape index (κ3) is 6.46. The number of benzene rings is 2. The predicted octanol–water partition coefficient (Wildman–Crippen LogP) is 5.37. The minimum atomic E-state index is -0.878. The number of carbonyl (C=O) groups excluding carboxylic acids is 2. The monoisotopic (exact) mass is 516 g/mol. The molecule has 0 saturated heterocycles. The summed E-state index contributed by atoms with van der Waals surface area (Å²) in [4.78, 5) is 36.1. The van der Waals surface area contributed by atoms with Crippen LogP contribution >= 0.6 is 23.2 Å². The number of nitro groups is 1. The Bertz CT molecular complexity index is 1300. The molecule has 0 fully saturated rings. The van der Waals surface area contributed by atoms with Gasteiger partial charge in [0.05, 0.1) is 26.7 Å². The van der Waals surface area contributed by atoms with Crippen molar-refractivity contribution in [2.24, 2.45) is 11.0 Å². The van der Waals surface area contributed by atoms with Gasteiger partial charge in [0.2, 0.25) is 0 Å². The molecule has 9 nitrogen and oxygen atoms in total. The Morgan fingerprint density at radius 1 is 1.09 bits per heavy atom. The van der Waals surface area contributed by atoms with Gasteiger partial charge in [0.15, 0.2) is 0 Å². The molecule has 1 unspecified atom stereocenters. The Morgan fingerprint density at radius 2 is 1.83 bits per heavy atom. The van der Waals surface area contributed by atoms with E-state index in [1.807, 2.05) is 0 Å². The third-order valence-corrected chi connectivity index (χ3v) is 5.77. The number of nitrogens with one attached hydrogen (secondary N) is 2. The molecule has 0 radical (unpaired) electrons. The van der Waals surface area contributed by atoms with Gasteiger partial charge in [0.25, 0.3) is 17.5 Å². The fraction of sp³-hybridized carbons (Fsp3) is 0.208. The van der Waals surface area contributed by atoms with E-state index in [1.54, 1.807) is 45.0 Å². The second-order valence-electron chi connectivity index (χ2n) is 8.04. The normalized spacial score (nSPS) is 12.1. The Balaban J connectivity index is 1.68. The topological polar surface area (TPSA) is 127 Å². The van der Waals surface area contributed by atoms with Crippen LogP contribution in [0.25, 0.3) is 11.3 Å². The Kier molecular flexibility index (Phi) is 8.26. The van der Waals surface area contributed by atoms with Crippen molar-refractivity contribution in [1.29, 1.82) is 0 Å². The zero-order valence-electron chi connectivity index (χ0n) is 19.0. The largest absolute Gasteiger partial charge is 0.455 e. The summed E-state index contributed by atoms with van der Waals surface area (Å²) >= 11 is 11.8. The van der Waals surface area contributed by atoms with Gasteiger partial charge in [-0.1, -0.05) is 43.1 Å². The van der Waals surface area contributed by atoms with Crippen LogP contribution in [0, 0.1) is 23.0 Å². The van der Waals surface area contributed by atoms with Crippen LogP contribution in [-0.4, -0.2) is 29.0 Å². The number of amides is 2. The van der Waals surface area contributed by atoms with Crippen LogP contribution in [0.3, 0.4) is 0 Å². The summed E-state index contributed by atoms with van der Waals surface area (Å²) in [5.74, 6) is -0.703. The molecule has 35 heavy (non-hydrogen) atoms. The zero-order valence-corrected chi connectivity index (χ0v) is 20.6. The van der Waals surface area contributed by atoms with Crippen molar-refractivity contribution in [3.05, 3.63) is 85.6 Å². The van der Waals surface area contributed by atoms with Gasteiger partial charge in [0.1, 0.15) is 17.6 Å². The fourth-order valence-corrected chi connectivity index (χ4v) is 3.49. The van der Waals surface area contributed by atoms with E-state index < -0.39 is 22.8 Å². The first kappa shape index (κ1) is 25.9. The van der Waals surface area contributed by atoms with Crippen LogP contribution in [0.2, 0.25) is 10.0 Å². The van der Waals surface area contributed by atoms with Crippen molar-refractivity contribution < 1.29 is 18.9 Å². The highest BCUT2D eigenvalue weighted by molar-refractivity contribution is 6.42. The molecule has 2 aromatic carbocycles. The fourth-order valence-electron chi connectivity index (χ4n) is 3.19. The van der Waals surface area contributed by atoms with Gasteiger partial charge in [-0.3, -0.25) is 19.7 Å². The second-order valence-corrected chi connectivity index (χ2v) is 8.85. The average molecular weight is 517 g/mol. The average Bonchev–Trinajstić information content (AvgIpc) is 3.27. The lowest BCUT2D eigenvalue weighted by atomic mass is 10.0. The highest BCUT2D eigenvalue weighted by Gasteiger charge is 2.25. The molecule has 0 aliphatic carbocycles. The lowest BCUT2D eigenvalue weighted by Gasteiger charge is -2.20. The molecule has 1 heterocycles. The summed E-state index contributed by atoms with van der Waals surface area (Å²) in [6.07, 6.45) is 1.26. The molecule has 3 aromatic rings. The molecule has 0 spiro atoms. The van der Waals surface area contributed by atoms with Crippen LogP contribution in [0.5, 0.6) is 0 Å². The molecule has 0 bridgehead atoms. The van der Waals surface area contributed by atoms with E-state index in [-0.39, 0.29) is 28.0 Å². The molecule has 2 amide bonds. The summed E-state index contributed by atoms with van der Waals surface area (Å²) in [5.41, 5.74) is 3.64. The highest BCUT2D eigenvalue weighted by Crippen LogP contribution is 2.31. The quantitative estimate of drug-likeness (QED) is 0.236. The van der Waals surface area contributed by atoms with Crippen molar-refractivity contribution in [3.8, 4) is 11.3 Å². The summed E-state index contributed by atoms with van der Waals surface area (Å²) in [5, 5.41) is 18.5. The summed E-state index contributed by atoms with van der Waals surface area (Å²) < 4.78 is 5.64. The van der Waals surface area contributed by atoms with Crippen LogP contribution in [0.15, 0.2) is 58.0 Å². The number of aryl methyl sites for hydroxylation is 1. The van der Waals surface area contributed by atoms with E-state index in [2.05, 4.69) is 15.8 Å². The molecular formula is C24H22Cl2N4O5. The van der Waals surface area contributed by atoms with Gasteiger partial charge < -0.3 is 9.73 Å². The number of rotatable bonds is 8. The summed E-state index contributed by atoms with van der Waals surface area (Å²) in [7, 11) is 0. The van der Waals surface area contributed by atoms with Gasteiger partial charge in [-0.15, -0.1) is 0 Å². The van der Waals surface area contributed by atoms with Crippen LogP contribution < -0.4 is 10.7 Å². The number of carbonyl (C=O) groups is 2. The zero-order chi connectivity index (χ0) is 25.7. The first-order valence-electron chi connectivity index (χ1n) is 10.5. The van der Waals surface area contributed by atoms with Crippen LogP contribution in [0.1, 0.15) is 35.5 Å². The van der Waals surface area contributed by atoms with E-state index in [0.717, 1.165) is 5.56 Å². The van der Waals surface area contributed by atoms with Gasteiger partial charge >= 0.3 is 0 Å². The lowest BCUT2D eigenvalue weighted by Crippen LogP contribution is -2.48. The van der Waals surface area contributed by atoms with E-state index in [9.17, 15) is 19.7 Å². The minimum absolute atomic E-state index is 0.0753. The maximum Gasteiger partial charge on any atom is 0.280 e. The van der Waals surface area contributed by atoms with Crippen LogP contribution in [-0.2, 0) is 4.79 Å². The molecule has 1 atom stereocenters. The van der Waals surface area contributed by atoms with Gasteiger partial charge in [-0.2, -0.15) is 5.10 Å². The lowest BCUT2D eigenvalue weighted by molar-refractivity contribution is -0.384. The number of hydrazone groups is 1. The number of furan rings is 1. The van der Waals surface area contributed by atoms with Gasteiger partial charge in [0, 0.05) is 11.6 Å². The van der Waals surface area contributed by atoms with Crippen molar-refractivity contribution in [2.75, 3.05) is 0 Å². The van der Waals surface area contributed by atoms with Gasteiger partial charge in [-0.25, -0.2) is 5.43 Å². The summed E-state index contributed by atoms with van der Waals surface area (Å²) in [6.45, 7) is 5.31. The molecule has 0 aliphatic heterocycles. The number of nitrogens with zero attached hydrogens (tertiary/aromatic N) is 2. The molecule has 1 aromatic heterocycles. The molecule has 11 heteroatoms.